The van der Waals surface area contributed by atoms with Crippen molar-refractivity contribution in [3.8, 4) is 0 Å². The van der Waals surface area contributed by atoms with E-state index in [0.717, 1.165) is 5.69 Å². The molecule has 2 N–H and O–H groups in total. The number of anilines is 2. The van der Waals surface area contributed by atoms with E-state index in [1.807, 2.05) is 23.1 Å². The lowest BCUT2D eigenvalue weighted by Crippen LogP contribution is -2.49. The number of nitrogens with zero attached hydrogens (tertiary/aromatic N) is 3. The molecule has 1 aromatic heterocycles. The third-order valence-corrected chi connectivity index (χ3v) is 4.11. The number of aromatic nitrogens is 1. The predicted molar refractivity (Wildman–Crippen MR) is 88.2 cm³/mol. The van der Waals surface area contributed by atoms with E-state index in [9.17, 15) is 4.79 Å². The Balaban J connectivity index is 1.69. The summed E-state index contributed by atoms with van der Waals surface area (Å²) in [5, 5.41) is 0.645. The number of carbonyl (C=O) groups is 1. The van der Waals surface area contributed by atoms with Gasteiger partial charge in [0.25, 0.3) is 5.91 Å². The predicted octanol–water partition coefficient (Wildman–Crippen LogP) is 2.28. The maximum Gasteiger partial charge on any atom is 0.255 e. The van der Waals surface area contributed by atoms with Crippen LogP contribution in [0.3, 0.4) is 0 Å². The topological polar surface area (TPSA) is 62.5 Å². The molecule has 0 bridgehead atoms. The van der Waals surface area contributed by atoms with Crippen molar-refractivity contribution >= 4 is 28.9 Å². The van der Waals surface area contributed by atoms with E-state index in [-0.39, 0.29) is 5.91 Å². The van der Waals surface area contributed by atoms with Crippen LogP contribution < -0.4 is 10.6 Å². The van der Waals surface area contributed by atoms with Gasteiger partial charge in [0.05, 0.1) is 22.0 Å². The summed E-state index contributed by atoms with van der Waals surface area (Å²) in [5.74, 6) is 0.0138. The van der Waals surface area contributed by atoms with Crippen LogP contribution in [0.4, 0.5) is 11.4 Å². The molecule has 1 aliphatic heterocycles. The van der Waals surface area contributed by atoms with Crippen molar-refractivity contribution in [3.63, 3.8) is 0 Å². The number of carbonyl (C=O) groups excluding carboxylic acids is 1. The Morgan fingerprint density at radius 2 is 1.91 bits per heavy atom. The van der Waals surface area contributed by atoms with Gasteiger partial charge in [0.15, 0.2) is 0 Å². The largest absolute Gasteiger partial charge is 0.397 e. The lowest BCUT2D eigenvalue weighted by atomic mass is 10.2. The highest BCUT2D eigenvalue weighted by Crippen LogP contribution is 2.32. The molecule has 2 aromatic rings. The number of nitrogens with two attached hydrogens (primary N) is 1. The smallest absolute Gasteiger partial charge is 0.255 e. The molecule has 0 atom stereocenters. The lowest BCUT2D eigenvalue weighted by molar-refractivity contribution is 0.0746. The minimum absolute atomic E-state index is 0.0138. The van der Waals surface area contributed by atoms with E-state index in [2.05, 4.69) is 9.88 Å². The monoisotopic (exact) mass is 316 g/mol. The number of hydrogen-bond donors (Lipinski definition) is 1. The van der Waals surface area contributed by atoms with Gasteiger partial charge in [-0.15, -0.1) is 0 Å². The molecule has 114 valence electrons. The van der Waals surface area contributed by atoms with Crippen LogP contribution in [0, 0.1) is 0 Å². The summed E-state index contributed by atoms with van der Waals surface area (Å²) < 4.78 is 0. The minimum Gasteiger partial charge on any atom is -0.397 e. The third kappa shape index (κ3) is 2.85. The summed E-state index contributed by atoms with van der Waals surface area (Å²) in [6.45, 7) is 2.69. The fourth-order valence-corrected chi connectivity index (χ4v) is 2.97. The Kier molecular flexibility index (Phi) is 4.15. The van der Waals surface area contributed by atoms with Crippen LogP contribution in [0.5, 0.6) is 0 Å². The van der Waals surface area contributed by atoms with Crippen LogP contribution in [0.25, 0.3) is 0 Å². The Morgan fingerprint density at radius 1 is 1.14 bits per heavy atom. The second-order valence-corrected chi connectivity index (χ2v) is 5.61. The van der Waals surface area contributed by atoms with E-state index >= 15 is 0 Å². The fraction of sp³-hybridized carbons (Fsp3) is 0.250. The zero-order valence-electron chi connectivity index (χ0n) is 12.1. The van der Waals surface area contributed by atoms with Gasteiger partial charge < -0.3 is 15.5 Å². The van der Waals surface area contributed by atoms with Gasteiger partial charge >= 0.3 is 0 Å². The Morgan fingerprint density at radius 3 is 2.55 bits per heavy atom. The van der Waals surface area contributed by atoms with Gasteiger partial charge in [-0.05, 0) is 24.3 Å². The first kappa shape index (κ1) is 14.7. The third-order valence-electron chi connectivity index (χ3n) is 3.81. The molecule has 0 radical (unpaired) electrons. The van der Waals surface area contributed by atoms with E-state index < -0.39 is 0 Å². The number of halogens is 1. The number of piperazine rings is 1. The molecule has 0 aliphatic carbocycles. The van der Waals surface area contributed by atoms with Crippen molar-refractivity contribution in [3.05, 3.63) is 53.3 Å². The van der Waals surface area contributed by atoms with Crippen molar-refractivity contribution in [2.75, 3.05) is 36.8 Å². The Bertz CT molecular complexity index is 649. The highest BCUT2D eigenvalue weighted by atomic mass is 35.5. The number of hydrogen-bond acceptors (Lipinski definition) is 4. The van der Waals surface area contributed by atoms with Gasteiger partial charge in [-0.3, -0.25) is 9.78 Å². The van der Waals surface area contributed by atoms with Gasteiger partial charge in [0.1, 0.15) is 0 Å². The second-order valence-electron chi connectivity index (χ2n) is 5.20. The van der Waals surface area contributed by atoms with Crippen LogP contribution in [-0.4, -0.2) is 42.0 Å². The average molecular weight is 317 g/mol. The van der Waals surface area contributed by atoms with Crippen molar-refractivity contribution in [2.45, 2.75) is 0 Å². The van der Waals surface area contributed by atoms with Gasteiger partial charge in [-0.25, -0.2) is 0 Å². The standard InChI is InChI=1S/C16H17ClN4O/c17-13-4-1-5-14(18)15(13)20-7-9-21(10-8-20)16(22)12-3-2-6-19-11-12/h1-6,11H,7-10,18H2. The normalized spacial score (nSPS) is 15.0. The number of para-hydroxylation sites is 1. The zero-order chi connectivity index (χ0) is 15.5. The highest BCUT2D eigenvalue weighted by Gasteiger charge is 2.24. The van der Waals surface area contributed by atoms with E-state index in [0.29, 0.717) is 42.5 Å². The molecule has 22 heavy (non-hydrogen) atoms. The van der Waals surface area contributed by atoms with Crippen LogP contribution in [0.1, 0.15) is 10.4 Å². The van der Waals surface area contributed by atoms with Crippen molar-refractivity contribution in [1.82, 2.24) is 9.88 Å². The molecule has 3 rings (SSSR count). The first-order chi connectivity index (χ1) is 10.7. The summed E-state index contributed by atoms with van der Waals surface area (Å²) in [6.07, 6.45) is 3.26. The average Bonchev–Trinajstić information content (AvgIpc) is 2.55. The van der Waals surface area contributed by atoms with Crippen LogP contribution in [-0.2, 0) is 0 Å². The molecule has 6 heteroatoms. The molecule has 1 aromatic carbocycles. The number of benzene rings is 1. The summed E-state index contributed by atoms with van der Waals surface area (Å²) in [7, 11) is 0. The summed E-state index contributed by atoms with van der Waals surface area (Å²) in [6, 6.07) is 9.07. The molecular formula is C16H17ClN4O. The van der Waals surface area contributed by atoms with E-state index in [1.165, 1.54) is 0 Å². The molecule has 0 unspecified atom stereocenters. The number of nitrogen functional groups attached to an aromatic ring is 1. The minimum atomic E-state index is 0.0138. The van der Waals surface area contributed by atoms with Crippen LogP contribution in [0.15, 0.2) is 42.7 Å². The van der Waals surface area contributed by atoms with Crippen molar-refractivity contribution < 1.29 is 4.79 Å². The molecule has 0 saturated carbocycles. The summed E-state index contributed by atoms with van der Waals surface area (Å²) in [4.78, 5) is 20.4. The van der Waals surface area contributed by atoms with Crippen molar-refractivity contribution in [2.24, 2.45) is 0 Å². The second kappa shape index (κ2) is 6.23. The maximum atomic E-state index is 12.4. The molecule has 1 amide bonds. The quantitative estimate of drug-likeness (QED) is 0.863. The van der Waals surface area contributed by atoms with Gasteiger partial charge in [0.2, 0.25) is 0 Å². The molecule has 0 spiro atoms. The molecule has 1 aliphatic rings. The molecule has 1 saturated heterocycles. The Labute approximate surface area is 134 Å². The number of rotatable bonds is 2. The highest BCUT2D eigenvalue weighted by molar-refractivity contribution is 6.34. The summed E-state index contributed by atoms with van der Waals surface area (Å²) in [5.41, 5.74) is 8.17. The first-order valence-corrected chi connectivity index (χ1v) is 7.53. The van der Waals surface area contributed by atoms with Gasteiger partial charge in [-0.1, -0.05) is 17.7 Å². The number of amides is 1. The summed E-state index contributed by atoms with van der Waals surface area (Å²) >= 11 is 6.25. The van der Waals surface area contributed by atoms with Gasteiger partial charge in [0, 0.05) is 38.6 Å². The van der Waals surface area contributed by atoms with E-state index in [4.69, 9.17) is 17.3 Å². The SMILES string of the molecule is Nc1cccc(Cl)c1N1CCN(C(=O)c2cccnc2)CC1. The molecule has 5 nitrogen and oxygen atoms in total. The molecule has 2 heterocycles. The van der Waals surface area contributed by atoms with Crippen molar-refractivity contribution in [1.29, 1.82) is 0 Å². The number of pyridine rings is 1. The molecule has 1 fully saturated rings. The fourth-order valence-electron chi connectivity index (χ4n) is 2.67. The Hall–Kier alpha value is -2.27. The van der Waals surface area contributed by atoms with E-state index in [1.54, 1.807) is 24.5 Å². The zero-order valence-corrected chi connectivity index (χ0v) is 12.8. The van der Waals surface area contributed by atoms with Crippen LogP contribution >= 0.6 is 11.6 Å². The van der Waals surface area contributed by atoms with Crippen LogP contribution in [0.2, 0.25) is 5.02 Å². The first-order valence-electron chi connectivity index (χ1n) is 7.15. The van der Waals surface area contributed by atoms with Gasteiger partial charge in [-0.2, -0.15) is 0 Å². The lowest BCUT2D eigenvalue weighted by Gasteiger charge is -2.37. The maximum absolute atomic E-state index is 12.4. The molecular weight excluding hydrogens is 300 g/mol.